The molecule has 0 radical (unpaired) electrons. The molecule has 2 aromatic carbocycles. The third-order valence-corrected chi connectivity index (χ3v) is 5.44. The summed E-state index contributed by atoms with van der Waals surface area (Å²) in [5.41, 5.74) is -0.264. The number of nitrogens with two attached hydrogens (primary N) is 1. The first kappa shape index (κ1) is 20.4. The fraction of sp³-hybridized carbons (Fsp3) is 0.118. The fourth-order valence-corrected chi connectivity index (χ4v) is 3.44. The number of nitrogens with zero attached hydrogens (tertiary/aromatic N) is 2. The molecule has 0 saturated carbocycles. The van der Waals surface area contributed by atoms with Gasteiger partial charge in [-0.25, -0.2) is 18.2 Å². The standard InChI is InChI=1S/C17H13BrF3N3O3S/c1-27-15-8-10(2-7-13(15)18)14-9-16(17(19,20)21)23-24(14)11-3-5-12(6-4-11)28(22,25)26/h2-9H,1H3,(H2,22,25,26). The lowest BCUT2D eigenvalue weighted by atomic mass is 10.1. The van der Waals surface area contributed by atoms with Gasteiger partial charge in [0.2, 0.25) is 10.0 Å². The monoisotopic (exact) mass is 475 g/mol. The van der Waals surface area contributed by atoms with Gasteiger partial charge >= 0.3 is 6.18 Å². The smallest absolute Gasteiger partial charge is 0.435 e. The Labute approximate surface area is 166 Å². The Morgan fingerprint density at radius 2 is 1.75 bits per heavy atom. The van der Waals surface area contributed by atoms with Gasteiger partial charge in [0.15, 0.2) is 5.69 Å². The van der Waals surface area contributed by atoms with Crippen LogP contribution >= 0.6 is 15.9 Å². The van der Waals surface area contributed by atoms with Crippen molar-refractivity contribution < 1.29 is 26.3 Å². The average molecular weight is 476 g/mol. The maximum Gasteiger partial charge on any atom is 0.435 e. The Bertz CT molecular complexity index is 1130. The van der Waals surface area contributed by atoms with E-state index in [0.717, 1.165) is 10.7 Å². The minimum atomic E-state index is -4.65. The molecule has 0 aliphatic rings. The van der Waals surface area contributed by atoms with Gasteiger partial charge in [0.25, 0.3) is 0 Å². The number of aromatic nitrogens is 2. The molecule has 0 spiro atoms. The molecule has 3 rings (SSSR count). The van der Waals surface area contributed by atoms with Gasteiger partial charge in [-0.1, -0.05) is 6.07 Å². The molecule has 11 heteroatoms. The molecule has 0 atom stereocenters. The summed E-state index contributed by atoms with van der Waals surface area (Å²) in [5.74, 6) is 0.434. The van der Waals surface area contributed by atoms with E-state index in [2.05, 4.69) is 21.0 Å². The van der Waals surface area contributed by atoms with Gasteiger partial charge in [-0.3, -0.25) is 0 Å². The minimum Gasteiger partial charge on any atom is -0.496 e. The molecular formula is C17H13BrF3N3O3S. The SMILES string of the molecule is COc1cc(-c2cc(C(F)(F)F)nn2-c2ccc(S(N)(=O)=O)cc2)ccc1Br. The maximum absolute atomic E-state index is 13.2. The third kappa shape index (κ3) is 4.05. The van der Waals surface area contributed by atoms with E-state index in [4.69, 9.17) is 9.88 Å². The van der Waals surface area contributed by atoms with Crippen LogP contribution in [0.15, 0.2) is 57.9 Å². The number of halogens is 4. The van der Waals surface area contributed by atoms with Crippen LogP contribution < -0.4 is 9.88 Å². The van der Waals surface area contributed by atoms with Gasteiger partial charge in [-0.2, -0.15) is 18.3 Å². The summed E-state index contributed by atoms with van der Waals surface area (Å²) in [5, 5.41) is 8.71. The molecule has 0 unspecified atom stereocenters. The van der Waals surface area contributed by atoms with Crippen molar-refractivity contribution in [2.75, 3.05) is 7.11 Å². The number of sulfonamides is 1. The minimum absolute atomic E-state index is 0.154. The number of hydrogen-bond acceptors (Lipinski definition) is 4. The lowest BCUT2D eigenvalue weighted by molar-refractivity contribution is -0.141. The summed E-state index contributed by atoms with van der Waals surface area (Å²) in [7, 11) is -2.49. The number of alkyl halides is 3. The van der Waals surface area contributed by atoms with Crippen molar-refractivity contribution in [3.63, 3.8) is 0 Å². The molecular weight excluding hydrogens is 463 g/mol. The molecule has 3 aromatic rings. The van der Waals surface area contributed by atoms with E-state index in [9.17, 15) is 21.6 Å². The van der Waals surface area contributed by atoms with Crippen molar-refractivity contribution in [1.29, 1.82) is 0 Å². The highest BCUT2D eigenvalue weighted by Gasteiger charge is 2.35. The molecule has 2 N–H and O–H groups in total. The average Bonchev–Trinajstić information content (AvgIpc) is 3.07. The fourth-order valence-electron chi connectivity index (χ4n) is 2.52. The number of rotatable bonds is 4. The number of ether oxygens (including phenoxy) is 1. The highest BCUT2D eigenvalue weighted by molar-refractivity contribution is 9.10. The van der Waals surface area contributed by atoms with E-state index in [1.165, 1.54) is 31.4 Å². The van der Waals surface area contributed by atoms with Crippen molar-refractivity contribution >= 4 is 26.0 Å². The first-order valence-electron chi connectivity index (χ1n) is 7.65. The Balaban J connectivity index is 2.19. The number of primary sulfonamides is 1. The number of hydrogen-bond donors (Lipinski definition) is 1. The van der Waals surface area contributed by atoms with E-state index in [-0.39, 0.29) is 16.3 Å². The Morgan fingerprint density at radius 1 is 1.11 bits per heavy atom. The highest BCUT2D eigenvalue weighted by Crippen LogP contribution is 2.36. The first-order valence-corrected chi connectivity index (χ1v) is 9.99. The van der Waals surface area contributed by atoms with Crippen molar-refractivity contribution in [2.24, 2.45) is 5.14 Å². The van der Waals surface area contributed by atoms with Gasteiger partial charge in [0, 0.05) is 5.56 Å². The summed E-state index contributed by atoms with van der Waals surface area (Å²) in [6, 6.07) is 10.8. The summed E-state index contributed by atoms with van der Waals surface area (Å²) in [6.45, 7) is 0. The molecule has 1 heterocycles. The molecule has 0 fully saturated rings. The molecule has 1 aromatic heterocycles. The number of benzene rings is 2. The molecule has 0 amide bonds. The quantitative estimate of drug-likeness (QED) is 0.618. The van der Waals surface area contributed by atoms with Crippen molar-refractivity contribution in [3.8, 4) is 22.7 Å². The van der Waals surface area contributed by atoms with E-state index in [1.54, 1.807) is 18.2 Å². The van der Waals surface area contributed by atoms with Gasteiger partial charge < -0.3 is 4.74 Å². The Kier molecular flexibility index (Phi) is 5.26. The van der Waals surface area contributed by atoms with Gasteiger partial charge in [0.1, 0.15) is 5.75 Å². The van der Waals surface area contributed by atoms with Gasteiger partial charge in [-0.15, -0.1) is 0 Å². The van der Waals surface area contributed by atoms with Crippen molar-refractivity contribution in [3.05, 3.63) is 58.7 Å². The largest absolute Gasteiger partial charge is 0.496 e. The molecule has 148 valence electrons. The zero-order valence-electron chi connectivity index (χ0n) is 14.2. The van der Waals surface area contributed by atoms with Crippen LogP contribution in [-0.2, 0) is 16.2 Å². The van der Waals surface area contributed by atoms with Crippen LogP contribution in [0.3, 0.4) is 0 Å². The normalized spacial score (nSPS) is 12.2. The molecule has 0 aliphatic heterocycles. The van der Waals surface area contributed by atoms with Gasteiger partial charge in [-0.05, 0) is 58.4 Å². The van der Waals surface area contributed by atoms with Crippen LogP contribution in [0.2, 0.25) is 0 Å². The summed E-state index contributed by atoms with van der Waals surface area (Å²) < 4.78 is 69.4. The lowest BCUT2D eigenvalue weighted by Crippen LogP contribution is -2.12. The summed E-state index contributed by atoms with van der Waals surface area (Å²) in [6.07, 6.45) is -4.65. The van der Waals surface area contributed by atoms with E-state index in [0.29, 0.717) is 15.8 Å². The van der Waals surface area contributed by atoms with Crippen LogP contribution in [0, 0.1) is 0 Å². The predicted octanol–water partition coefficient (Wildman–Crippen LogP) is 3.98. The van der Waals surface area contributed by atoms with Crippen LogP contribution in [-0.4, -0.2) is 25.3 Å². The van der Waals surface area contributed by atoms with E-state index in [1.807, 2.05) is 0 Å². The summed E-state index contributed by atoms with van der Waals surface area (Å²) >= 11 is 3.29. The Morgan fingerprint density at radius 3 is 2.29 bits per heavy atom. The predicted molar refractivity (Wildman–Crippen MR) is 99.6 cm³/mol. The third-order valence-electron chi connectivity index (χ3n) is 3.86. The molecule has 6 nitrogen and oxygen atoms in total. The lowest BCUT2D eigenvalue weighted by Gasteiger charge is -2.10. The number of methoxy groups -OCH3 is 1. The highest BCUT2D eigenvalue weighted by atomic mass is 79.9. The molecule has 0 aliphatic carbocycles. The van der Waals surface area contributed by atoms with Crippen molar-refractivity contribution in [1.82, 2.24) is 9.78 Å². The second-order valence-electron chi connectivity index (χ2n) is 5.71. The second kappa shape index (κ2) is 7.22. The molecule has 0 saturated heterocycles. The van der Waals surface area contributed by atoms with E-state index < -0.39 is 21.9 Å². The maximum atomic E-state index is 13.2. The van der Waals surface area contributed by atoms with Crippen LogP contribution in [0.4, 0.5) is 13.2 Å². The Hall–Kier alpha value is -2.37. The topological polar surface area (TPSA) is 87.2 Å². The van der Waals surface area contributed by atoms with Crippen LogP contribution in [0.1, 0.15) is 5.69 Å². The van der Waals surface area contributed by atoms with Crippen LogP contribution in [0.25, 0.3) is 16.9 Å². The van der Waals surface area contributed by atoms with Crippen LogP contribution in [0.5, 0.6) is 5.75 Å². The molecule has 28 heavy (non-hydrogen) atoms. The van der Waals surface area contributed by atoms with E-state index >= 15 is 0 Å². The molecule has 0 bridgehead atoms. The summed E-state index contributed by atoms with van der Waals surface area (Å²) in [4.78, 5) is -0.161. The zero-order valence-corrected chi connectivity index (χ0v) is 16.6. The first-order chi connectivity index (χ1) is 13.0. The second-order valence-corrected chi connectivity index (χ2v) is 8.13. The van der Waals surface area contributed by atoms with Crippen molar-refractivity contribution in [2.45, 2.75) is 11.1 Å². The van der Waals surface area contributed by atoms with Gasteiger partial charge in [0.05, 0.1) is 27.9 Å². The zero-order chi connectivity index (χ0) is 20.7.